The average molecular weight is 241 g/mol. The number of aromatic nitrogens is 2. The molecule has 2 heterocycles. The Morgan fingerprint density at radius 2 is 2.56 bits per heavy atom. The lowest BCUT2D eigenvalue weighted by molar-refractivity contribution is 0.146. The average Bonchev–Trinajstić information content (AvgIpc) is 2.90. The van der Waals surface area contributed by atoms with E-state index in [1.165, 1.54) is 17.9 Å². The van der Waals surface area contributed by atoms with Gasteiger partial charge in [-0.25, -0.2) is 0 Å². The molecule has 16 heavy (non-hydrogen) atoms. The Bertz CT molecular complexity index is 285. The summed E-state index contributed by atoms with van der Waals surface area (Å²) in [5, 5.41) is 17.2. The van der Waals surface area contributed by atoms with Gasteiger partial charge in [0.2, 0.25) is 0 Å². The lowest BCUT2D eigenvalue weighted by atomic mass is 10.1. The van der Waals surface area contributed by atoms with Crippen molar-refractivity contribution in [2.45, 2.75) is 19.1 Å². The molecule has 1 saturated heterocycles. The Labute approximate surface area is 100 Å². The number of aliphatic hydroxyl groups excluding tert-OH is 1. The van der Waals surface area contributed by atoms with E-state index >= 15 is 0 Å². The van der Waals surface area contributed by atoms with E-state index in [0.29, 0.717) is 13.1 Å². The van der Waals surface area contributed by atoms with Crippen molar-refractivity contribution in [3.63, 3.8) is 0 Å². The molecule has 0 aromatic carbocycles. The quantitative estimate of drug-likeness (QED) is 0.765. The molecule has 90 valence electrons. The van der Waals surface area contributed by atoms with Gasteiger partial charge in [-0.05, 0) is 36.5 Å². The van der Waals surface area contributed by atoms with Crippen LogP contribution in [0.4, 0.5) is 0 Å². The van der Waals surface area contributed by atoms with E-state index in [9.17, 15) is 5.11 Å². The van der Waals surface area contributed by atoms with Crippen LogP contribution >= 0.6 is 11.8 Å². The summed E-state index contributed by atoms with van der Waals surface area (Å²) in [5.41, 5.74) is 0. The van der Waals surface area contributed by atoms with Crippen LogP contribution in [-0.4, -0.2) is 45.6 Å². The molecule has 2 rings (SSSR count). The Morgan fingerprint density at radius 1 is 1.62 bits per heavy atom. The monoisotopic (exact) mass is 241 g/mol. The zero-order chi connectivity index (χ0) is 11.2. The molecule has 0 aliphatic carbocycles. The van der Waals surface area contributed by atoms with E-state index in [2.05, 4.69) is 10.4 Å². The van der Waals surface area contributed by atoms with Gasteiger partial charge in [0.05, 0.1) is 12.6 Å². The predicted molar refractivity (Wildman–Crippen MR) is 66.5 cm³/mol. The highest BCUT2D eigenvalue weighted by Gasteiger charge is 2.15. The standard InChI is InChI=1S/C11H19N3OS/c15-11(8-14-4-1-3-13-14)7-12-6-10-2-5-16-9-10/h1,3-4,10-12,15H,2,5-9H2. The Kier molecular flexibility index (Phi) is 4.69. The first-order valence-corrected chi connectivity index (χ1v) is 6.94. The van der Waals surface area contributed by atoms with Gasteiger partial charge in [0.1, 0.15) is 0 Å². The maximum absolute atomic E-state index is 9.77. The smallest absolute Gasteiger partial charge is 0.0860 e. The van der Waals surface area contributed by atoms with Gasteiger partial charge in [-0.2, -0.15) is 16.9 Å². The number of hydrogen-bond acceptors (Lipinski definition) is 4. The topological polar surface area (TPSA) is 50.1 Å². The first kappa shape index (κ1) is 12.0. The number of nitrogens with zero attached hydrogens (tertiary/aromatic N) is 2. The summed E-state index contributed by atoms with van der Waals surface area (Å²) in [6.45, 7) is 2.25. The van der Waals surface area contributed by atoms with Gasteiger partial charge in [-0.15, -0.1) is 0 Å². The van der Waals surface area contributed by atoms with Gasteiger partial charge in [0.15, 0.2) is 0 Å². The fraction of sp³-hybridized carbons (Fsp3) is 0.727. The second-order valence-corrected chi connectivity index (χ2v) is 5.42. The summed E-state index contributed by atoms with van der Waals surface area (Å²) in [5.74, 6) is 3.35. The van der Waals surface area contributed by atoms with E-state index in [1.54, 1.807) is 10.9 Å². The second kappa shape index (κ2) is 6.27. The molecule has 1 aliphatic heterocycles. The molecular formula is C11H19N3OS. The summed E-state index contributed by atoms with van der Waals surface area (Å²) in [6, 6.07) is 1.87. The third kappa shape index (κ3) is 3.81. The van der Waals surface area contributed by atoms with Crippen molar-refractivity contribution < 1.29 is 5.11 Å². The van der Waals surface area contributed by atoms with Crippen LogP contribution in [0.15, 0.2) is 18.5 Å². The largest absolute Gasteiger partial charge is 0.390 e. The molecular weight excluding hydrogens is 222 g/mol. The maximum Gasteiger partial charge on any atom is 0.0860 e. The van der Waals surface area contributed by atoms with Crippen molar-refractivity contribution in [3.8, 4) is 0 Å². The molecule has 1 fully saturated rings. The van der Waals surface area contributed by atoms with E-state index < -0.39 is 0 Å². The third-order valence-corrected chi connectivity index (χ3v) is 4.03. The molecule has 4 nitrogen and oxygen atoms in total. The van der Waals surface area contributed by atoms with E-state index in [-0.39, 0.29) is 6.10 Å². The van der Waals surface area contributed by atoms with Crippen molar-refractivity contribution in [2.75, 3.05) is 24.6 Å². The van der Waals surface area contributed by atoms with Crippen molar-refractivity contribution in [1.29, 1.82) is 0 Å². The SMILES string of the molecule is OC(CNCC1CCSC1)Cn1cccn1. The molecule has 0 bridgehead atoms. The minimum absolute atomic E-state index is 0.353. The van der Waals surface area contributed by atoms with Crippen LogP contribution in [0.5, 0.6) is 0 Å². The molecule has 0 spiro atoms. The summed E-state index contributed by atoms with van der Waals surface area (Å²) < 4.78 is 1.76. The van der Waals surface area contributed by atoms with Crippen LogP contribution in [0.25, 0.3) is 0 Å². The number of thioether (sulfide) groups is 1. The normalized spacial score (nSPS) is 22.4. The Morgan fingerprint density at radius 3 is 3.25 bits per heavy atom. The second-order valence-electron chi connectivity index (χ2n) is 4.27. The van der Waals surface area contributed by atoms with E-state index in [4.69, 9.17) is 0 Å². The first-order valence-electron chi connectivity index (χ1n) is 5.78. The predicted octanol–water partition coefficient (Wildman–Crippen LogP) is 0.587. The summed E-state index contributed by atoms with van der Waals surface area (Å²) in [6.07, 6.45) is 4.56. The number of hydrogen-bond donors (Lipinski definition) is 2. The molecule has 0 amide bonds. The Balaban J connectivity index is 1.58. The molecule has 1 aliphatic rings. The van der Waals surface area contributed by atoms with Gasteiger partial charge < -0.3 is 10.4 Å². The lowest BCUT2D eigenvalue weighted by Gasteiger charge is -2.14. The fourth-order valence-electron chi connectivity index (χ4n) is 1.89. The molecule has 2 N–H and O–H groups in total. The molecule has 1 aromatic rings. The minimum Gasteiger partial charge on any atom is -0.390 e. The van der Waals surface area contributed by atoms with Crippen molar-refractivity contribution in [1.82, 2.24) is 15.1 Å². The summed E-state index contributed by atoms with van der Waals surface area (Å²) in [4.78, 5) is 0. The van der Waals surface area contributed by atoms with Crippen LogP contribution in [-0.2, 0) is 6.54 Å². The third-order valence-electron chi connectivity index (χ3n) is 2.79. The number of nitrogens with one attached hydrogen (secondary N) is 1. The minimum atomic E-state index is -0.353. The van der Waals surface area contributed by atoms with Crippen molar-refractivity contribution in [2.24, 2.45) is 5.92 Å². The fourth-order valence-corrected chi connectivity index (χ4v) is 3.17. The first-order chi connectivity index (χ1) is 7.84. The van der Waals surface area contributed by atoms with E-state index in [1.807, 2.05) is 24.0 Å². The lowest BCUT2D eigenvalue weighted by Crippen LogP contribution is -2.33. The van der Waals surface area contributed by atoms with Crippen molar-refractivity contribution >= 4 is 11.8 Å². The van der Waals surface area contributed by atoms with Gasteiger partial charge >= 0.3 is 0 Å². The highest BCUT2D eigenvalue weighted by Crippen LogP contribution is 2.22. The van der Waals surface area contributed by atoms with Crippen LogP contribution in [0.2, 0.25) is 0 Å². The van der Waals surface area contributed by atoms with Crippen LogP contribution in [0.3, 0.4) is 0 Å². The molecule has 5 heteroatoms. The Hall–Kier alpha value is -0.520. The van der Waals surface area contributed by atoms with Crippen molar-refractivity contribution in [3.05, 3.63) is 18.5 Å². The zero-order valence-electron chi connectivity index (χ0n) is 9.38. The number of aliphatic hydroxyl groups is 1. The van der Waals surface area contributed by atoms with Crippen LogP contribution < -0.4 is 5.32 Å². The van der Waals surface area contributed by atoms with Crippen LogP contribution in [0, 0.1) is 5.92 Å². The molecule has 0 radical (unpaired) electrons. The van der Waals surface area contributed by atoms with Gasteiger partial charge in [0, 0.05) is 18.9 Å². The highest BCUT2D eigenvalue weighted by atomic mass is 32.2. The summed E-state index contributed by atoms with van der Waals surface area (Å²) in [7, 11) is 0. The van der Waals surface area contributed by atoms with Crippen LogP contribution in [0.1, 0.15) is 6.42 Å². The van der Waals surface area contributed by atoms with Gasteiger partial charge in [-0.1, -0.05) is 0 Å². The van der Waals surface area contributed by atoms with Gasteiger partial charge in [0.25, 0.3) is 0 Å². The molecule has 0 saturated carbocycles. The maximum atomic E-state index is 9.77. The highest BCUT2D eigenvalue weighted by molar-refractivity contribution is 7.99. The van der Waals surface area contributed by atoms with E-state index in [0.717, 1.165) is 12.5 Å². The molecule has 1 aromatic heterocycles. The zero-order valence-corrected chi connectivity index (χ0v) is 10.2. The molecule has 2 atom stereocenters. The van der Waals surface area contributed by atoms with Gasteiger partial charge in [-0.3, -0.25) is 4.68 Å². The number of rotatable bonds is 6. The summed E-state index contributed by atoms with van der Waals surface area (Å²) >= 11 is 2.03. The molecule has 2 unspecified atom stereocenters.